The van der Waals surface area contributed by atoms with Crippen molar-refractivity contribution >= 4 is 72.1 Å². The molecule has 1 heterocycles. The summed E-state index contributed by atoms with van der Waals surface area (Å²) in [6.45, 7) is 2.54. The van der Waals surface area contributed by atoms with Gasteiger partial charge in [-0.25, -0.2) is 0 Å². The van der Waals surface area contributed by atoms with E-state index in [0.717, 1.165) is 25.8 Å². The third-order valence-electron chi connectivity index (χ3n) is 3.81. The highest BCUT2D eigenvalue weighted by molar-refractivity contribution is 9.11. The summed E-state index contributed by atoms with van der Waals surface area (Å²) in [6, 6.07) is 12.1. The molecule has 26 heavy (non-hydrogen) atoms. The zero-order valence-corrected chi connectivity index (χ0v) is 18.9. The maximum absolute atomic E-state index is 12.1. The molecule has 3 nitrogen and oxygen atoms in total. The Morgan fingerprint density at radius 3 is 2.35 bits per heavy atom. The zero-order valence-electron chi connectivity index (χ0n) is 14.1. The molecule has 0 unspecified atom stereocenters. The summed E-state index contributed by atoms with van der Waals surface area (Å²) in [5.41, 5.74) is 3.21. The zero-order chi connectivity index (χ0) is 18.8. The van der Waals surface area contributed by atoms with Crippen molar-refractivity contribution in [2.75, 3.05) is 7.05 Å². The molecule has 1 aliphatic rings. The second-order valence-electron chi connectivity index (χ2n) is 5.83. The lowest BCUT2D eigenvalue weighted by atomic mass is 10.1. The number of carbonyl (C=O) groups excluding carboxylic acids is 1. The molecule has 0 atom stereocenters. The predicted molar refractivity (Wildman–Crippen MR) is 118 cm³/mol. The van der Waals surface area contributed by atoms with Gasteiger partial charge in [0, 0.05) is 7.05 Å². The maximum atomic E-state index is 12.1. The number of benzene rings is 2. The lowest BCUT2D eigenvalue weighted by Crippen LogP contribution is -2.22. The van der Waals surface area contributed by atoms with Crippen LogP contribution >= 0.6 is 55.8 Å². The summed E-state index contributed by atoms with van der Waals surface area (Å²) >= 11 is 13.6. The Hall–Kier alpha value is -1.15. The molecule has 7 heteroatoms. The van der Waals surface area contributed by atoms with Crippen LogP contribution in [0.4, 0.5) is 0 Å². The first-order valence-corrected chi connectivity index (χ1v) is 10.5. The van der Waals surface area contributed by atoms with Crippen LogP contribution in [0.25, 0.3) is 6.08 Å². The van der Waals surface area contributed by atoms with Gasteiger partial charge in [-0.3, -0.25) is 9.69 Å². The highest BCUT2D eigenvalue weighted by Gasteiger charge is 2.28. The topological polar surface area (TPSA) is 29.5 Å². The van der Waals surface area contributed by atoms with Crippen LogP contribution in [0.3, 0.4) is 0 Å². The summed E-state index contributed by atoms with van der Waals surface area (Å²) < 4.78 is 8.16. The number of rotatable bonds is 4. The molecule has 3 rings (SSSR count). The molecule has 2 aromatic carbocycles. The van der Waals surface area contributed by atoms with Crippen LogP contribution in [-0.2, 0) is 11.4 Å². The van der Waals surface area contributed by atoms with Gasteiger partial charge in [-0.15, -0.1) is 0 Å². The van der Waals surface area contributed by atoms with E-state index in [2.05, 4.69) is 63.0 Å². The lowest BCUT2D eigenvalue weighted by molar-refractivity contribution is -0.121. The highest BCUT2D eigenvalue weighted by Crippen LogP contribution is 2.37. The van der Waals surface area contributed by atoms with Crippen LogP contribution in [0.2, 0.25) is 0 Å². The Balaban J connectivity index is 1.79. The second-order valence-corrected chi connectivity index (χ2v) is 9.21. The summed E-state index contributed by atoms with van der Waals surface area (Å²) in [4.78, 5) is 14.2. The average Bonchev–Trinajstić information content (AvgIpc) is 2.83. The standard InChI is InChI=1S/C19H15Br2NO2S2/c1-11-3-5-12(6-4-11)10-24-17-14(20)7-13(8-15(17)21)9-16-18(23)22(2)19(25)26-16/h3-9H,10H2,1-2H3/b16-9+. The number of likely N-dealkylation sites (N-methyl/N-ethyl adjacent to an activating group) is 1. The van der Waals surface area contributed by atoms with E-state index in [1.807, 2.05) is 18.2 Å². The molecule has 2 aromatic rings. The van der Waals surface area contributed by atoms with Crippen molar-refractivity contribution in [2.24, 2.45) is 0 Å². The second kappa shape index (κ2) is 8.25. The number of hydrogen-bond acceptors (Lipinski definition) is 4. The van der Waals surface area contributed by atoms with E-state index in [1.165, 1.54) is 22.2 Å². The first-order chi connectivity index (χ1) is 12.3. The molecule has 0 aliphatic carbocycles. The molecule has 1 fully saturated rings. The lowest BCUT2D eigenvalue weighted by Gasteiger charge is -2.12. The van der Waals surface area contributed by atoms with Crippen molar-refractivity contribution in [1.82, 2.24) is 4.90 Å². The molecule has 0 bridgehead atoms. The number of ether oxygens (including phenoxy) is 1. The molecular formula is C19H15Br2NO2S2. The van der Waals surface area contributed by atoms with Gasteiger partial charge in [-0.1, -0.05) is 53.8 Å². The third-order valence-corrected chi connectivity index (χ3v) is 6.47. The molecule has 134 valence electrons. The van der Waals surface area contributed by atoms with Crippen LogP contribution in [0.5, 0.6) is 5.75 Å². The van der Waals surface area contributed by atoms with Crippen molar-refractivity contribution in [3.63, 3.8) is 0 Å². The van der Waals surface area contributed by atoms with Crippen molar-refractivity contribution in [1.29, 1.82) is 0 Å². The fourth-order valence-electron chi connectivity index (χ4n) is 2.34. The minimum absolute atomic E-state index is 0.0769. The van der Waals surface area contributed by atoms with Gasteiger partial charge in [-0.05, 0) is 68.1 Å². The number of nitrogens with zero attached hydrogens (tertiary/aromatic N) is 1. The van der Waals surface area contributed by atoms with Crippen LogP contribution < -0.4 is 4.74 Å². The molecule has 1 amide bonds. The normalized spacial score (nSPS) is 15.8. The van der Waals surface area contributed by atoms with Crippen molar-refractivity contribution in [3.8, 4) is 5.75 Å². The van der Waals surface area contributed by atoms with Gasteiger partial charge >= 0.3 is 0 Å². The number of amides is 1. The van der Waals surface area contributed by atoms with Gasteiger partial charge in [0.2, 0.25) is 0 Å². The molecule has 0 N–H and O–H groups in total. The first kappa shape index (κ1) is 19.6. The molecule has 0 saturated carbocycles. The molecule has 0 radical (unpaired) electrons. The monoisotopic (exact) mass is 511 g/mol. The number of hydrogen-bond donors (Lipinski definition) is 0. The van der Waals surface area contributed by atoms with Crippen LogP contribution in [-0.4, -0.2) is 22.2 Å². The van der Waals surface area contributed by atoms with E-state index in [9.17, 15) is 4.79 Å². The summed E-state index contributed by atoms with van der Waals surface area (Å²) in [6.07, 6.45) is 1.84. The first-order valence-electron chi connectivity index (χ1n) is 7.74. The number of halogens is 2. The van der Waals surface area contributed by atoms with Gasteiger partial charge in [0.15, 0.2) is 0 Å². The Kier molecular flexibility index (Phi) is 6.22. The number of thioether (sulfide) groups is 1. The average molecular weight is 513 g/mol. The summed E-state index contributed by atoms with van der Waals surface area (Å²) in [7, 11) is 1.69. The minimum atomic E-state index is -0.0769. The Morgan fingerprint density at radius 2 is 1.81 bits per heavy atom. The van der Waals surface area contributed by atoms with Gasteiger partial charge in [0.1, 0.15) is 16.7 Å². The summed E-state index contributed by atoms with van der Waals surface area (Å²) in [5.74, 6) is 0.651. The van der Waals surface area contributed by atoms with Crippen molar-refractivity contribution < 1.29 is 9.53 Å². The fourth-order valence-corrected chi connectivity index (χ4v) is 4.97. The largest absolute Gasteiger partial charge is 0.487 e. The van der Waals surface area contributed by atoms with Gasteiger partial charge in [0.05, 0.1) is 13.9 Å². The van der Waals surface area contributed by atoms with Gasteiger partial charge in [-0.2, -0.15) is 0 Å². The van der Waals surface area contributed by atoms with E-state index in [-0.39, 0.29) is 5.91 Å². The van der Waals surface area contributed by atoms with Gasteiger partial charge < -0.3 is 4.74 Å². The number of carbonyl (C=O) groups is 1. The smallest absolute Gasteiger partial charge is 0.265 e. The third kappa shape index (κ3) is 4.39. The quantitative estimate of drug-likeness (QED) is 0.375. The molecular weight excluding hydrogens is 498 g/mol. The van der Waals surface area contributed by atoms with Crippen molar-refractivity contribution in [3.05, 3.63) is 66.9 Å². The Labute approximate surface area is 179 Å². The number of aryl methyl sites for hydroxylation is 1. The minimum Gasteiger partial charge on any atom is -0.487 e. The number of thiocarbonyl (C=S) groups is 1. The van der Waals surface area contributed by atoms with E-state index in [4.69, 9.17) is 17.0 Å². The van der Waals surface area contributed by atoms with Gasteiger partial charge in [0.25, 0.3) is 5.91 Å². The Bertz CT molecular complexity index is 887. The van der Waals surface area contributed by atoms with Crippen LogP contribution in [0.15, 0.2) is 50.2 Å². The fraction of sp³-hybridized carbons (Fsp3) is 0.158. The van der Waals surface area contributed by atoms with E-state index in [0.29, 0.717) is 15.8 Å². The van der Waals surface area contributed by atoms with E-state index >= 15 is 0 Å². The van der Waals surface area contributed by atoms with Crippen molar-refractivity contribution in [2.45, 2.75) is 13.5 Å². The summed E-state index contributed by atoms with van der Waals surface area (Å²) in [5, 5.41) is 0. The SMILES string of the molecule is Cc1ccc(COc2c(Br)cc(/C=C3/SC(=S)N(C)C3=O)cc2Br)cc1. The molecule has 0 spiro atoms. The van der Waals surface area contributed by atoms with E-state index < -0.39 is 0 Å². The predicted octanol–water partition coefficient (Wildman–Crippen LogP) is 5.93. The van der Waals surface area contributed by atoms with E-state index in [1.54, 1.807) is 7.05 Å². The molecule has 1 aliphatic heterocycles. The molecule has 1 saturated heterocycles. The highest BCUT2D eigenvalue weighted by atomic mass is 79.9. The van der Waals surface area contributed by atoms with Crippen LogP contribution in [0.1, 0.15) is 16.7 Å². The Morgan fingerprint density at radius 1 is 1.19 bits per heavy atom. The molecule has 0 aromatic heterocycles. The van der Waals surface area contributed by atoms with Crippen LogP contribution in [0, 0.1) is 6.92 Å². The maximum Gasteiger partial charge on any atom is 0.265 e.